The van der Waals surface area contributed by atoms with Gasteiger partial charge in [0.25, 0.3) is 0 Å². The number of nitrogen functional groups attached to an aromatic ring is 1. The van der Waals surface area contributed by atoms with E-state index in [9.17, 15) is 0 Å². The third-order valence-corrected chi connectivity index (χ3v) is 2.26. The van der Waals surface area contributed by atoms with Crippen molar-refractivity contribution < 1.29 is 4.42 Å². The Morgan fingerprint density at radius 1 is 1.20 bits per heavy atom. The van der Waals surface area contributed by atoms with E-state index in [2.05, 4.69) is 6.07 Å². The van der Waals surface area contributed by atoms with Gasteiger partial charge in [-0.2, -0.15) is 5.26 Å². The first kappa shape index (κ1) is 9.35. The lowest BCUT2D eigenvalue weighted by atomic mass is 9.96. The molecule has 0 saturated heterocycles. The van der Waals surface area contributed by atoms with Crippen LogP contribution in [0.15, 0.2) is 47.1 Å². The highest BCUT2D eigenvalue weighted by Gasteiger charge is 2.17. The molecule has 0 spiro atoms. The Balaban J connectivity index is 2.46. The van der Waals surface area contributed by atoms with E-state index in [1.54, 1.807) is 24.5 Å². The normalized spacial score (nSPS) is 11.9. The van der Waals surface area contributed by atoms with Gasteiger partial charge in [-0.3, -0.25) is 0 Å². The first-order valence-electron chi connectivity index (χ1n) is 4.60. The summed E-state index contributed by atoms with van der Waals surface area (Å²) in [4.78, 5) is 0. The highest BCUT2D eigenvalue weighted by molar-refractivity contribution is 5.52. The van der Waals surface area contributed by atoms with E-state index in [4.69, 9.17) is 15.4 Å². The summed E-state index contributed by atoms with van der Waals surface area (Å²) in [7, 11) is 0. The molecule has 0 radical (unpaired) electrons. The van der Waals surface area contributed by atoms with Crippen LogP contribution in [0, 0.1) is 11.3 Å². The summed E-state index contributed by atoms with van der Waals surface area (Å²) in [5, 5.41) is 9.11. The summed E-state index contributed by atoms with van der Waals surface area (Å²) in [6, 6.07) is 13.1. The number of furan rings is 1. The van der Waals surface area contributed by atoms with Crippen LogP contribution in [0.4, 0.5) is 5.69 Å². The lowest BCUT2D eigenvalue weighted by Gasteiger charge is -2.08. The van der Waals surface area contributed by atoms with E-state index in [0.29, 0.717) is 11.4 Å². The lowest BCUT2D eigenvalue weighted by Crippen LogP contribution is -2.01. The maximum absolute atomic E-state index is 9.11. The van der Waals surface area contributed by atoms with Crippen molar-refractivity contribution in [2.75, 3.05) is 5.73 Å². The quantitative estimate of drug-likeness (QED) is 0.754. The van der Waals surface area contributed by atoms with Gasteiger partial charge >= 0.3 is 0 Å². The molecule has 1 atom stereocenters. The number of benzene rings is 1. The van der Waals surface area contributed by atoms with E-state index < -0.39 is 5.92 Å². The third kappa shape index (κ3) is 1.70. The van der Waals surface area contributed by atoms with Crippen molar-refractivity contribution in [1.82, 2.24) is 0 Å². The van der Waals surface area contributed by atoms with Gasteiger partial charge in [-0.05, 0) is 23.8 Å². The van der Waals surface area contributed by atoms with Gasteiger partial charge in [0.05, 0.1) is 12.3 Å². The second-order valence-corrected chi connectivity index (χ2v) is 3.21. The minimum atomic E-state index is -0.429. The van der Waals surface area contributed by atoms with Crippen LogP contribution in [0.1, 0.15) is 17.2 Å². The SMILES string of the molecule is N#CC(c1ccco1)c1ccccc1N. The number of nitrogens with two attached hydrogens (primary N) is 1. The van der Waals surface area contributed by atoms with Gasteiger partial charge in [-0.15, -0.1) is 0 Å². The van der Waals surface area contributed by atoms with Gasteiger partial charge in [-0.25, -0.2) is 0 Å². The number of nitrogens with zero attached hydrogens (tertiary/aromatic N) is 1. The maximum Gasteiger partial charge on any atom is 0.131 e. The number of nitriles is 1. The zero-order valence-corrected chi connectivity index (χ0v) is 8.05. The molecular weight excluding hydrogens is 188 g/mol. The molecule has 0 fully saturated rings. The Labute approximate surface area is 87.7 Å². The van der Waals surface area contributed by atoms with Crippen molar-refractivity contribution >= 4 is 5.69 Å². The van der Waals surface area contributed by atoms with E-state index in [-0.39, 0.29) is 0 Å². The van der Waals surface area contributed by atoms with Crippen molar-refractivity contribution in [3.05, 3.63) is 54.0 Å². The summed E-state index contributed by atoms with van der Waals surface area (Å²) in [5.74, 6) is 0.191. The van der Waals surface area contributed by atoms with Gasteiger partial charge in [0.15, 0.2) is 0 Å². The van der Waals surface area contributed by atoms with Gasteiger partial charge < -0.3 is 10.2 Å². The standard InChI is InChI=1S/C12H10N2O/c13-8-10(12-6-3-7-15-12)9-4-1-2-5-11(9)14/h1-7,10H,14H2. The first-order valence-corrected chi connectivity index (χ1v) is 4.60. The molecule has 0 aliphatic rings. The minimum Gasteiger partial charge on any atom is -0.468 e. The fourth-order valence-electron chi connectivity index (χ4n) is 1.52. The molecule has 0 aliphatic carbocycles. The van der Waals surface area contributed by atoms with Crippen LogP contribution in [0.2, 0.25) is 0 Å². The van der Waals surface area contributed by atoms with E-state index >= 15 is 0 Å². The van der Waals surface area contributed by atoms with E-state index in [1.165, 1.54) is 0 Å². The van der Waals surface area contributed by atoms with Crippen molar-refractivity contribution in [2.24, 2.45) is 0 Å². The van der Waals surface area contributed by atoms with E-state index in [1.807, 2.05) is 18.2 Å². The number of anilines is 1. The summed E-state index contributed by atoms with van der Waals surface area (Å²) in [5.41, 5.74) is 7.21. The molecule has 3 heteroatoms. The topological polar surface area (TPSA) is 63.0 Å². The Hall–Kier alpha value is -2.21. The minimum absolute atomic E-state index is 0.429. The molecule has 2 N–H and O–H groups in total. The Kier molecular flexibility index (Phi) is 2.42. The predicted octanol–water partition coefficient (Wildman–Crippen LogP) is 2.52. The van der Waals surface area contributed by atoms with E-state index in [0.717, 1.165) is 5.56 Å². The molecule has 1 unspecified atom stereocenters. The number of rotatable bonds is 2. The Morgan fingerprint density at radius 3 is 2.60 bits per heavy atom. The molecule has 0 amide bonds. The molecule has 1 aromatic carbocycles. The lowest BCUT2D eigenvalue weighted by molar-refractivity contribution is 0.509. The van der Waals surface area contributed by atoms with Gasteiger partial charge in [0.2, 0.25) is 0 Å². The number of hydrogen-bond acceptors (Lipinski definition) is 3. The van der Waals surface area contributed by atoms with Crippen molar-refractivity contribution in [3.8, 4) is 6.07 Å². The molecule has 3 nitrogen and oxygen atoms in total. The molecule has 15 heavy (non-hydrogen) atoms. The molecule has 2 rings (SSSR count). The van der Waals surface area contributed by atoms with Crippen LogP contribution in [0.25, 0.3) is 0 Å². The van der Waals surface area contributed by atoms with Crippen molar-refractivity contribution in [2.45, 2.75) is 5.92 Å². The first-order chi connectivity index (χ1) is 7.33. The predicted molar refractivity (Wildman–Crippen MR) is 57.0 cm³/mol. The summed E-state index contributed by atoms with van der Waals surface area (Å²) in [6.45, 7) is 0. The molecular formula is C12H10N2O. The molecule has 1 heterocycles. The van der Waals surface area contributed by atoms with Crippen LogP contribution in [-0.2, 0) is 0 Å². The molecule has 0 bridgehead atoms. The third-order valence-electron chi connectivity index (χ3n) is 2.26. The zero-order chi connectivity index (χ0) is 10.7. The number of para-hydroxylation sites is 1. The second-order valence-electron chi connectivity index (χ2n) is 3.21. The zero-order valence-electron chi connectivity index (χ0n) is 8.05. The molecule has 2 aromatic rings. The molecule has 0 aliphatic heterocycles. The van der Waals surface area contributed by atoms with Gasteiger partial charge in [0.1, 0.15) is 11.7 Å². The summed E-state index contributed by atoms with van der Waals surface area (Å²) < 4.78 is 5.22. The monoisotopic (exact) mass is 198 g/mol. The number of hydrogen-bond donors (Lipinski definition) is 1. The second kappa shape index (κ2) is 3.89. The highest BCUT2D eigenvalue weighted by Crippen LogP contribution is 2.28. The van der Waals surface area contributed by atoms with Crippen molar-refractivity contribution in [1.29, 1.82) is 5.26 Å². The van der Waals surface area contributed by atoms with Crippen LogP contribution >= 0.6 is 0 Å². The van der Waals surface area contributed by atoms with Crippen LogP contribution in [-0.4, -0.2) is 0 Å². The smallest absolute Gasteiger partial charge is 0.131 e. The van der Waals surface area contributed by atoms with Gasteiger partial charge in [-0.1, -0.05) is 18.2 Å². The molecule has 0 saturated carbocycles. The average Bonchev–Trinajstić information content (AvgIpc) is 2.75. The molecule has 1 aromatic heterocycles. The fourth-order valence-corrected chi connectivity index (χ4v) is 1.52. The van der Waals surface area contributed by atoms with Gasteiger partial charge in [0, 0.05) is 5.69 Å². The van der Waals surface area contributed by atoms with Crippen LogP contribution in [0.5, 0.6) is 0 Å². The fraction of sp³-hybridized carbons (Fsp3) is 0.0833. The summed E-state index contributed by atoms with van der Waals surface area (Å²) in [6.07, 6.45) is 1.55. The van der Waals surface area contributed by atoms with Crippen LogP contribution in [0.3, 0.4) is 0 Å². The van der Waals surface area contributed by atoms with Crippen molar-refractivity contribution in [3.63, 3.8) is 0 Å². The average molecular weight is 198 g/mol. The molecule has 74 valence electrons. The Bertz CT molecular complexity index is 483. The Morgan fingerprint density at radius 2 is 2.00 bits per heavy atom. The maximum atomic E-state index is 9.11. The summed E-state index contributed by atoms with van der Waals surface area (Å²) >= 11 is 0. The van der Waals surface area contributed by atoms with Crippen LogP contribution < -0.4 is 5.73 Å². The highest BCUT2D eigenvalue weighted by atomic mass is 16.3. The largest absolute Gasteiger partial charge is 0.468 e.